The number of nitrogens with zero attached hydrogens (tertiary/aromatic N) is 4. The third kappa shape index (κ3) is 3.89. The van der Waals surface area contributed by atoms with Crippen LogP contribution in [0.25, 0.3) is 21.5 Å². The van der Waals surface area contributed by atoms with Crippen molar-refractivity contribution in [2.45, 2.75) is 37.2 Å². The summed E-state index contributed by atoms with van der Waals surface area (Å²) >= 11 is 2.99. The van der Waals surface area contributed by atoms with Gasteiger partial charge in [-0.2, -0.15) is 0 Å². The maximum atomic E-state index is 12.9. The first-order chi connectivity index (χ1) is 15.6. The molecule has 0 aliphatic heterocycles. The molecule has 1 atom stereocenters. The van der Waals surface area contributed by atoms with Crippen molar-refractivity contribution < 1.29 is 4.42 Å². The van der Waals surface area contributed by atoms with Crippen LogP contribution in [0.15, 0.2) is 68.5 Å². The van der Waals surface area contributed by atoms with E-state index in [0.717, 1.165) is 29.5 Å². The standard InChI is InChI=1S/C23H21N5O2S2/c1-3-28-18(12-15-8-5-4-6-9-15)26-27-23(28)32-14(2)20-24-21(29)19-16(13-31-22(19)25-20)17-10-7-11-30-17/h4-11,13-14H,3,12H2,1-2H3,(H,24,25,29). The molecule has 1 N–H and O–H groups in total. The first kappa shape index (κ1) is 20.7. The highest BCUT2D eigenvalue weighted by molar-refractivity contribution is 7.99. The summed E-state index contributed by atoms with van der Waals surface area (Å²) in [4.78, 5) is 21.3. The summed E-state index contributed by atoms with van der Waals surface area (Å²) in [6.45, 7) is 4.87. The lowest BCUT2D eigenvalue weighted by atomic mass is 10.1. The summed E-state index contributed by atoms with van der Waals surface area (Å²) in [5, 5.41) is 12.0. The van der Waals surface area contributed by atoms with Crippen molar-refractivity contribution in [3.05, 3.63) is 81.7 Å². The zero-order valence-corrected chi connectivity index (χ0v) is 19.2. The molecule has 162 valence electrons. The van der Waals surface area contributed by atoms with Crippen molar-refractivity contribution in [1.29, 1.82) is 0 Å². The molecular formula is C23H21N5O2S2. The van der Waals surface area contributed by atoms with Crippen LogP contribution in [-0.4, -0.2) is 24.7 Å². The van der Waals surface area contributed by atoms with Crippen LogP contribution in [0.3, 0.4) is 0 Å². The number of hydrogen-bond donors (Lipinski definition) is 1. The van der Waals surface area contributed by atoms with Crippen LogP contribution in [-0.2, 0) is 13.0 Å². The van der Waals surface area contributed by atoms with Crippen LogP contribution in [0.1, 0.15) is 36.3 Å². The van der Waals surface area contributed by atoms with Gasteiger partial charge in [-0.1, -0.05) is 42.1 Å². The van der Waals surface area contributed by atoms with Crippen molar-refractivity contribution in [1.82, 2.24) is 24.7 Å². The number of rotatable bonds is 7. The van der Waals surface area contributed by atoms with Gasteiger partial charge in [0, 0.05) is 23.9 Å². The molecule has 9 heteroatoms. The number of thiophene rings is 1. The monoisotopic (exact) mass is 463 g/mol. The first-order valence-corrected chi connectivity index (χ1v) is 12.1. The SMILES string of the molecule is CCn1c(Cc2ccccc2)nnc1SC(C)c1nc2scc(-c3ccco3)c2c(=O)[nH]1. The number of fused-ring (bicyclic) bond motifs is 1. The zero-order valence-electron chi connectivity index (χ0n) is 17.6. The van der Waals surface area contributed by atoms with Crippen LogP contribution >= 0.6 is 23.1 Å². The van der Waals surface area contributed by atoms with E-state index >= 15 is 0 Å². The minimum absolute atomic E-state index is 0.0969. The molecule has 0 bridgehead atoms. The highest BCUT2D eigenvalue weighted by Crippen LogP contribution is 2.35. The Morgan fingerprint density at radius 1 is 1.19 bits per heavy atom. The van der Waals surface area contributed by atoms with Crippen molar-refractivity contribution in [3.8, 4) is 11.3 Å². The van der Waals surface area contributed by atoms with Gasteiger partial charge < -0.3 is 14.0 Å². The van der Waals surface area contributed by atoms with Gasteiger partial charge in [0.05, 0.1) is 16.9 Å². The van der Waals surface area contributed by atoms with Gasteiger partial charge in [-0.05, 0) is 31.5 Å². The van der Waals surface area contributed by atoms with E-state index in [1.807, 2.05) is 42.6 Å². The fraction of sp³-hybridized carbons (Fsp3) is 0.217. The summed E-state index contributed by atoms with van der Waals surface area (Å²) in [6, 6.07) is 13.9. The van der Waals surface area contributed by atoms with E-state index in [9.17, 15) is 4.79 Å². The maximum absolute atomic E-state index is 12.9. The number of furan rings is 1. The van der Waals surface area contributed by atoms with E-state index < -0.39 is 0 Å². The van der Waals surface area contributed by atoms with Crippen LogP contribution in [0.4, 0.5) is 0 Å². The van der Waals surface area contributed by atoms with E-state index in [1.165, 1.54) is 16.9 Å². The quantitative estimate of drug-likeness (QED) is 0.330. The van der Waals surface area contributed by atoms with E-state index in [1.54, 1.807) is 18.0 Å². The third-order valence-corrected chi connectivity index (χ3v) is 7.19. The Labute approximate surface area is 192 Å². The Hall–Kier alpha value is -3.17. The molecule has 5 aromatic rings. The molecule has 0 spiro atoms. The second-order valence-corrected chi connectivity index (χ2v) is 9.49. The Morgan fingerprint density at radius 3 is 2.78 bits per heavy atom. The Morgan fingerprint density at radius 2 is 2.03 bits per heavy atom. The molecule has 7 nitrogen and oxygen atoms in total. The van der Waals surface area contributed by atoms with E-state index in [-0.39, 0.29) is 10.8 Å². The molecule has 0 saturated heterocycles. The number of H-pyrrole nitrogens is 1. The van der Waals surface area contributed by atoms with E-state index in [0.29, 0.717) is 21.8 Å². The number of aromatic nitrogens is 5. The van der Waals surface area contributed by atoms with Crippen LogP contribution < -0.4 is 5.56 Å². The van der Waals surface area contributed by atoms with Gasteiger partial charge >= 0.3 is 0 Å². The summed E-state index contributed by atoms with van der Waals surface area (Å²) in [6.07, 6.45) is 2.33. The number of thioether (sulfide) groups is 1. The Kier molecular flexibility index (Phi) is 5.67. The largest absolute Gasteiger partial charge is 0.464 e. The molecule has 4 heterocycles. The van der Waals surface area contributed by atoms with Gasteiger partial charge in [-0.25, -0.2) is 4.98 Å². The number of aromatic amines is 1. The lowest BCUT2D eigenvalue weighted by molar-refractivity contribution is 0.583. The van der Waals surface area contributed by atoms with Gasteiger partial charge in [-0.3, -0.25) is 4.79 Å². The van der Waals surface area contributed by atoms with Crippen molar-refractivity contribution in [2.75, 3.05) is 0 Å². The van der Waals surface area contributed by atoms with Gasteiger partial charge in [0.1, 0.15) is 22.2 Å². The lowest BCUT2D eigenvalue weighted by Gasteiger charge is -2.12. The number of hydrogen-bond acceptors (Lipinski definition) is 7. The zero-order chi connectivity index (χ0) is 22.1. The normalized spacial score (nSPS) is 12.4. The molecule has 0 saturated carbocycles. The summed E-state index contributed by atoms with van der Waals surface area (Å²) in [5.74, 6) is 2.21. The molecule has 0 aliphatic carbocycles. The topological polar surface area (TPSA) is 89.6 Å². The second kappa shape index (κ2) is 8.76. The smallest absolute Gasteiger partial charge is 0.260 e. The molecule has 32 heavy (non-hydrogen) atoms. The van der Waals surface area contributed by atoms with Gasteiger partial charge in [0.25, 0.3) is 5.56 Å². The number of benzene rings is 1. The highest BCUT2D eigenvalue weighted by atomic mass is 32.2. The van der Waals surface area contributed by atoms with Gasteiger partial charge in [-0.15, -0.1) is 21.5 Å². The predicted octanol–water partition coefficient (Wildman–Crippen LogP) is 5.30. The highest BCUT2D eigenvalue weighted by Gasteiger charge is 2.20. The summed E-state index contributed by atoms with van der Waals surface area (Å²) in [7, 11) is 0. The van der Waals surface area contributed by atoms with E-state index in [2.05, 4.69) is 38.8 Å². The third-order valence-electron chi connectivity index (χ3n) is 5.23. The summed E-state index contributed by atoms with van der Waals surface area (Å²) < 4.78 is 7.59. The van der Waals surface area contributed by atoms with Crippen LogP contribution in [0.2, 0.25) is 0 Å². The van der Waals surface area contributed by atoms with Crippen molar-refractivity contribution in [2.24, 2.45) is 0 Å². The van der Waals surface area contributed by atoms with Crippen molar-refractivity contribution >= 4 is 33.3 Å². The van der Waals surface area contributed by atoms with Crippen molar-refractivity contribution in [3.63, 3.8) is 0 Å². The minimum Gasteiger partial charge on any atom is -0.464 e. The fourth-order valence-electron chi connectivity index (χ4n) is 3.62. The lowest BCUT2D eigenvalue weighted by Crippen LogP contribution is -2.12. The fourth-order valence-corrected chi connectivity index (χ4v) is 5.54. The molecule has 0 radical (unpaired) electrons. The molecule has 1 unspecified atom stereocenters. The molecule has 0 aliphatic rings. The average molecular weight is 464 g/mol. The Bertz CT molecular complexity index is 1400. The molecular weight excluding hydrogens is 442 g/mol. The average Bonchev–Trinajstić information content (AvgIpc) is 3.54. The first-order valence-electron chi connectivity index (χ1n) is 10.3. The molecule has 0 fully saturated rings. The minimum atomic E-state index is -0.160. The summed E-state index contributed by atoms with van der Waals surface area (Å²) in [5.41, 5.74) is 1.81. The molecule has 4 aromatic heterocycles. The van der Waals surface area contributed by atoms with E-state index in [4.69, 9.17) is 9.40 Å². The molecule has 1 aromatic carbocycles. The predicted molar refractivity (Wildman–Crippen MR) is 127 cm³/mol. The van der Waals surface area contributed by atoms with Crippen LogP contribution in [0, 0.1) is 0 Å². The maximum Gasteiger partial charge on any atom is 0.260 e. The molecule has 0 amide bonds. The second-order valence-electron chi connectivity index (χ2n) is 7.32. The van der Waals surface area contributed by atoms with Gasteiger partial charge in [0.15, 0.2) is 5.16 Å². The number of nitrogens with one attached hydrogen (secondary N) is 1. The van der Waals surface area contributed by atoms with Crippen LogP contribution in [0.5, 0.6) is 0 Å². The van der Waals surface area contributed by atoms with Gasteiger partial charge in [0.2, 0.25) is 0 Å². The Balaban J connectivity index is 1.42. The molecule has 5 rings (SSSR count).